The molecule has 0 bridgehead atoms. The molecule has 0 saturated heterocycles. The van der Waals surface area contributed by atoms with Crippen molar-refractivity contribution in [2.45, 2.75) is 13.1 Å². The minimum absolute atomic E-state index is 0.604. The molecule has 0 aliphatic heterocycles. The molecule has 7 nitrogen and oxygen atoms in total. The van der Waals surface area contributed by atoms with E-state index in [1.165, 1.54) is 0 Å². The quantitative estimate of drug-likeness (QED) is 0.548. The van der Waals surface area contributed by atoms with Gasteiger partial charge in [-0.15, -0.1) is 0 Å². The first-order chi connectivity index (χ1) is 8.88. The number of hydrogen-bond donors (Lipinski definition) is 1. The van der Waals surface area contributed by atoms with Gasteiger partial charge in [-0.25, -0.2) is 9.67 Å². The first kappa shape index (κ1) is 15.0. The normalized spacial score (nSPS) is 11.0. The monoisotopic (exact) mass is 258 g/mol. The van der Waals surface area contributed by atoms with Crippen LogP contribution in [0.25, 0.3) is 0 Å². The summed E-state index contributed by atoms with van der Waals surface area (Å²) in [5.74, 6) is 0.904. The van der Waals surface area contributed by atoms with Crippen LogP contribution < -0.4 is 5.32 Å². The van der Waals surface area contributed by atoms with Gasteiger partial charge in [-0.3, -0.25) is 0 Å². The lowest BCUT2D eigenvalue weighted by Crippen LogP contribution is -2.22. The molecule has 1 N–H and O–H groups in total. The summed E-state index contributed by atoms with van der Waals surface area (Å²) in [6.07, 6.45) is 1.56. The highest BCUT2D eigenvalue weighted by molar-refractivity contribution is 4.83. The Bertz CT molecular complexity index is 306. The Kier molecular flexibility index (Phi) is 8.32. The van der Waals surface area contributed by atoms with Crippen LogP contribution in [0.1, 0.15) is 5.82 Å². The van der Waals surface area contributed by atoms with E-state index in [2.05, 4.69) is 15.4 Å². The van der Waals surface area contributed by atoms with E-state index in [1.807, 2.05) is 4.68 Å². The van der Waals surface area contributed by atoms with Crippen LogP contribution in [0, 0.1) is 0 Å². The molecule has 104 valence electrons. The molecular formula is C11H22N4O3. The van der Waals surface area contributed by atoms with Gasteiger partial charge >= 0.3 is 0 Å². The zero-order valence-corrected chi connectivity index (χ0v) is 11.1. The minimum Gasteiger partial charge on any atom is -0.383 e. The maximum atomic E-state index is 5.39. The van der Waals surface area contributed by atoms with Crippen LogP contribution in [-0.4, -0.2) is 62.0 Å². The van der Waals surface area contributed by atoms with E-state index in [9.17, 15) is 0 Å². The summed E-state index contributed by atoms with van der Waals surface area (Å²) in [4.78, 5) is 4.20. The van der Waals surface area contributed by atoms with E-state index >= 15 is 0 Å². The molecule has 1 aromatic heterocycles. The summed E-state index contributed by atoms with van der Waals surface area (Å²) in [5.41, 5.74) is 0. The number of nitrogens with zero attached hydrogens (tertiary/aromatic N) is 3. The molecule has 1 aromatic rings. The number of hydrogen-bond acceptors (Lipinski definition) is 6. The van der Waals surface area contributed by atoms with Gasteiger partial charge in [0.15, 0.2) is 0 Å². The topological polar surface area (TPSA) is 70.4 Å². The van der Waals surface area contributed by atoms with Crippen molar-refractivity contribution < 1.29 is 14.2 Å². The Labute approximate surface area is 107 Å². The summed E-state index contributed by atoms with van der Waals surface area (Å²) in [6.45, 7) is 4.70. The average molecular weight is 258 g/mol. The number of nitrogens with one attached hydrogen (secondary N) is 1. The Morgan fingerprint density at radius 2 is 2.00 bits per heavy atom. The Morgan fingerprint density at radius 1 is 1.17 bits per heavy atom. The highest BCUT2D eigenvalue weighted by atomic mass is 16.5. The lowest BCUT2D eigenvalue weighted by atomic mass is 10.5. The van der Waals surface area contributed by atoms with Gasteiger partial charge in [-0.1, -0.05) is 0 Å². The van der Waals surface area contributed by atoms with E-state index < -0.39 is 0 Å². The summed E-state index contributed by atoms with van der Waals surface area (Å²) >= 11 is 0. The number of methoxy groups -OCH3 is 2. The fourth-order valence-electron chi connectivity index (χ4n) is 1.38. The molecule has 0 aliphatic rings. The van der Waals surface area contributed by atoms with Crippen molar-refractivity contribution in [2.24, 2.45) is 0 Å². The van der Waals surface area contributed by atoms with E-state index in [0.29, 0.717) is 39.5 Å². The predicted molar refractivity (Wildman–Crippen MR) is 66.3 cm³/mol. The molecular weight excluding hydrogens is 236 g/mol. The Hall–Kier alpha value is -1.02. The minimum atomic E-state index is 0.604. The van der Waals surface area contributed by atoms with Gasteiger partial charge in [0.05, 0.1) is 39.5 Å². The van der Waals surface area contributed by atoms with Gasteiger partial charge in [-0.05, 0) is 0 Å². The third-order valence-corrected chi connectivity index (χ3v) is 2.34. The first-order valence-corrected chi connectivity index (χ1v) is 6.01. The first-order valence-electron chi connectivity index (χ1n) is 6.01. The van der Waals surface area contributed by atoms with Gasteiger partial charge in [0.2, 0.25) is 0 Å². The van der Waals surface area contributed by atoms with Crippen LogP contribution in [0.15, 0.2) is 6.33 Å². The van der Waals surface area contributed by atoms with E-state index in [4.69, 9.17) is 14.2 Å². The van der Waals surface area contributed by atoms with Crippen LogP contribution in [0.2, 0.25) is 0 Å². The lowest BCUT2D eigenvalue weighted by molar-refractivity contribution is 0.0650. The smallest absolute Gasteiger partial charge is 0.140 e. The average Bonchev–Trinajstić information content (AvgIpc) is 2.82. The molecule has 1 rings (SSSR count). The lowest BCUT2D eigenvalue weighted by Gasteiger charge is -2.07. The SMILES string of the molecule is COCCNCc1ncnn1CCOCCOC. The van der Waals surface area contributed by atoms with Crippen molar-refractivity contribution in [1.82, 2.24) is 20.1 Å². The van der Waals surface area contributed by atoms with Gasteiger partial charge in [0.1, 0.15) is 12.2 Å². The summed E-state index contributed by atoms with van der Waals surface area (Å²) in [7, 11) is 3.34. The van der Waals surface area contributed by atoms with Crippen LogP contribution in [0.4, 0.5) is 0 Å². The highest BCUT2D eigenvalue weighted by Crippen LogP contribution is 1.94. The molecule has 7 heteroatoms. The molecule has 0 atom stereocenters. The van der Waals surface area contributed by atoms with Crippen LogP contribution in [0.5, 0.6) is 0 Å². The molecule has 0 unspecified atom stereocenters. The van der Waals surface area contributed by atoms with Crippen LogP contribution in [0.3, 0.4) is 0 Å². The summed E-state index contributed by atoms with van der Waals surface area (Å²) in [5, 5.41) is 7.39. The van der Waals surface area contributed by atoms with Crippen molar-refractivity contribution in [3.63, 3.8) is 0 Å². The van der Waals surface area contributed by atoms with Gasteiger partial charge in [0, 0.05) is 20.8 Å². The molecule has 18 heavy (non-hydrogen) atoms. The standard InChI is InChI=1S/C11H22N4O3/c1-16-5-3-12-9-11-13-10-14-15(11)4-6-18-8-7-17-2/h10,12H,3-9H2,1-2H3. The number of rotatable bonds is 11. The van der Waals surface area contributed by atoms with E-state index in [1.54, 1.807) is 20.5 Å². The summed E-state index contributed by atoms with van der Waals surface area (Å²) in [6, 6.07) is 0. The molecule has 0 radical (unpaired) electrons. The third-order valence-electron chi connectivity index (χ3n) is 2.34. The zero-order chi connectivity index (χ0) is 13.1. The third kappa shape index (κ3) is 6.06. The number of aromatic nitrogens is 3. The number of ether oxygens (including phenoxy) is 3. The van der Waals surface area contributed by atoms with Crippen molar-refractivity contribution in [1.29, 1.82) is 0 Å². The fourth-order valence-corrected chi connectivity index (χ4v) is 1.38. The second kappa shape index (κ2) is 9.95. The van der Waals surface area contributed by atoms with Gasteiger partial charge in [-0.2, -0.15) is 5.10 Å². The van der Waals surface area contributed by atoms with Crippen molar-refractivity contribution in [3.05, 3.63) is 12.2 Å². The molecule has 0 amide bonds. The molecule has 0 aliphatic carbocycles. The Balaban J connectivity index is 2.18. The molecule has 1 heterocycles. The second-order valence-electron chi connectivity index (χ2n) is 3.67. The van der Waals surface area contributed by atoms with Gasteiger partial charge in [0.25, 0.3) is 0 Å². The fraction of sp³-hybridized carbons (Fsp3) is 0.818. The van der Waals surface area contributed by atoms with Crippen molar-refractivity contribution in [2.75, 3.05) is 47.2 Å². The van der Waals surface area contributed by atoms with E-state index in [0.717, 1.165) is 12.4 Å². The summed E-state index contributed by atoms with van der Waals surface area (Å²) < 4.78 is 17.1. The van der Waals surface area contributed by atoms with Crippen LogP contribution >= 0.6 is 0 Å². The van der Waals surface area contributed by atoms with E-state index in [-0.39, 0.29) is 0 Å². The zero-order valence-electron chi connectivity index (χ0n) is 11.1. The molecule has 0 aromatic carbocycles. The molecule has 0 saturated carbocycles. The van der Waals surface area contributed by atoms with Crippen molar-refractivity contribution >= 4 is 0 Å². The largest absolute Gasteiger partial charge is 0.383 e. The van der Waals surface area contributed by atoms with Crippen molar-refractivity contribution in [3.8, 4) is 0 Å². The highest BCUT2D eigenvalue weighted by Gasteiger charge is 2.03. The van der Waals surface area contributed by atoms with Crippen LogP contribution in [-0.2, 0) is 27.3 Å². The maximum absolute atomic E-state index is 5.39. The second-order valence-corrected chi connectivity index (χ2v) is 3.67. The molecule has 0 spiro atoms. The molecule has 0 fully saturated rings. The predicted octanol–water partition coefficient (Wildman–Crippen LogP) is -0.323. The van der Waals surface area contributed by atoms with Gasteiger partial charge < -0.3 is 19.5 Å². The maximum Gasteiger partial charge on any atom is 0.140 e. The Morgan fingerprint density at radius 3 is 2.78 bits per heavy atom.